The number of carbonyl (C=O) groups excluding carboxylic acids is 1. The Labute approximate surface area is 154 Å². The highest BCUT2D eigenvalue weighted by Gasteiger charge is 2.32. The molecular weight excluding hydrogens is 352 g/mol. The minimum atomic E-state index is -1.28. The summed E-state index contributed by atoms with van der Waals surface area (Å²) < 4.78 is 2.08. The molecule has 136 valence electrons. The second-order valence-electron chi connectivity index (χ2n) is 6.90. The Balaban J connectivity index is 1.74. The number of carbonyl (C=O) groups is 2. The number of hydrogen-bond acceptors (Lipinski definition) is 4. The van der Waals surface area contributed by atoms with E-state index in [1.54, 1.807) is 32.3 Å². The molecule has 0 aliphatic carbocycles. The van der Waals surface area contributed by atoms with Gasteiger partial charge >= 0.3 is 12.1 Å². The van der Waals surface area contributed by atoms with Crippen molar-refractivity contribution in [3.8, 4) is 0 Å². The Morgan fingerprint density at radius 2 is 2.12 bits per heavy atom. The quantitative estimate of drug-likeness (QED) is 0.711. The third-order valence-corrected chi connectivity index (χ3v) is 4.79. The van der Waals surface area contributed by atoms with Crippen LogP contribution in [0.15, 0.2) is 42.2 Å². The molecule has 7 nitrogen and oxygen atoms in total. The first-order chi connectivity index (χ1) is 12.3. The van der Waals surface area contributed by atoms with Crippen molar-refractivity contribution in [2.45, 2.75) is 32.9 Å². The zero-order chi connectivity index (χ0) is 18.9. The molecular formula is C18H20N4O3S. The monoisotopic (exact) mass is 372 g/mol. The summed E-state index contributed by atoms with van der Waals surface area (Å²) in [5, 5.41) is 14.9. The summed E-state index contributed by atoms with van der Waals surface area (Å²) in [4.78, 5) is 29.7. The molecule has 0 saturated carbocycles. The second-order valence-corrected chi connectivity index (χ2v) is 7.89. The van der Waals surface area contributed by atoms with E-state index < -0.39 is 17.7 Å². The van der Waals surface area contributed by atoms with Crippen molar-refractivity contribution >= 4 is 40.1 Å². The number of imide groups is 1. The Kier molecular flexibility index (Phi) is 4.69. The van der Waals surface area contributed by atoms with Gasteiger partial charge in [-0.1, -0.05) is 0 Å². The lowest BCUT2D eigenvalue weighted by Gasteiger charge is -2.30. The number of rotatable bonds is 3. The molecule has 0 aliphatic rings. The first kappa shape index (κ1) is 17.9. The van der Waals surface area contributed by atoms with Gasteiger partial charge < -0.3 is 15.0 Å². The van der Waals surface area contributed by atoms with E-state index in [-0.39, 0.29) is 0 Å². The fourth-order valence-electron chi connectivity index (χ4n) is 2.72. The minimum absolute atomic E-state index is 0.583. The number of urea groups is 1. The number of anilines is 1. The fraction of sp³-hybridized carbons (Fsp3) is 0.278. The van der Waals surface area contributed by atoms with Gasteiger partial charge in [0.25, 0.3) is 0 Å². The number of nitrogens with zero attached hydrogens (tertiary/aromatic N) is 3. The van der Waals surface area contributed by atoms with Gasteiger partial charge in [0, 0.05) is 33.6 Å². The van der Waals surface area contributed by atoms with Crippen LogP contribution in [-0.4, -0.2) is 37.2 Å². The summed E-state index contributed by atoms with van der Waals surface area (Å²) in [6, 6.07) is 5.18. The summed E-state index contributed by atoms with van der Waals surface area (Å²) in [5.74, 6) is 0. The Morgan fingerprint density at radius 1 is 1.35 bits per heavy atom. The second kappa shape index (κ2) is 6.80. The number of carboxylic acid groups (broad SMARTS) is 1. The molecule has 8 heteroatoms. The average molecular weight is 372 g/mol. The number of thiophene rings is 1. The fourth-order valence-corrected chi connectivity index (χ4v) is 3.54. The topological polar surface area (TPSA) is 87.5 Å². The van der Waals surface area contributed by atoms with Gasteiger partial charge in [0.05, 0.1) is 23.9 Å². The van der Waals surface area contributed by atoms with Gasteiger partial charge in [0.2, 0.25) is 0 Å². The van der Waals surface area contributed by atoms with Crippen LogP contribution < -0.4 is 5.32 Å². The molecule has 0 fully saturated rings. The molecule has 26 heavy (non-hydrogen) atoms. The predicted molar refractivity (Wildman–Crippen MR) is 102 cm³/mol. The molecule has 3 aromatic heterocycles. The SMILES string of the molecule is CC(C)(C)N(C(=O)O)C(=O)Nc1csc(Cn2ccc3ccncc32)c1. The lowest BCUT2D eigenvalue weighted by Crippen LogP contribution is -2.50. The van der Waals surface area contributed by atoms with Crippen molar-refractivity contribution in [2.24, 2.45) is 0 Å². The number of amides is 3. The molecule has 0 unspecified atom stereocenters. The Hall–Kier alpha value is -2.87. The molecule has 0 atom stereocenters. The molecule has 3 aromatic rings. The molecule has 0 saturated heterocycles. The van der Waals surface area contributed by atoms with Gasteiger partial charge in [-0.3, -0.25) is 4.98 Å². The van der Waals surface area contributed by atoms with Gasteiger partial charge in [-0.25, -0.2) is 14.5 Å². The molecule has 3 rings (SSSR count). The van der Waals surface area contributed by atoms with E-state index in [9.17, 15) is 14.7 Å². The predicted octanol–water partition coefficient (Wildman–Crippen LogP) is 4.46. The summed E-state index contributed by atoms with van der Waals surface area (Å²) >= 11 is 1.50. The zero-order valence-corrected chi connectivity index (χ0v) is 15.6. The summed E-state index contributed by atoms with van der Waals surface area (Å²) in [6.45, 7) is 5.67. The molecule has 3 amide bonds. The number of nitrogens with one attached hydrogen (secondary N) is 1. The van der Waals surface area contributed by atoms with Crippen LogP contribution in [0.1, 0.15) is 25.6 Å². The van der Waals surface area contributed by atoms with Crippen molar-refractivity contribution < 1.29 is 14.7 Å². The van der Waals surface area contributed by atoms with Crippen LogP contribution in [0.3, 0.4) is 0 Å². The van der Waals surface area contributed by atoms with Gasteiger partial charge in [-0.2, -0.15) is 0 Å². The van der Waals surface area contributed by atoms with Gasteiger partial charge in [0.15, 0.2) is 0 Å². The highest BCUT2D eigenvalue weighted by Crippen LogP contribution is 2.24. The van der Waals surface area contributed by atoms with E-state index in [0.29, 0.717) is 12.2 Å². The van der Waals surface area contributed by atoms with E-state index in [2.05, 4.69) is 14.9 Å². The first-order valence-corrected chi connectivity index (χ1v) is 8.94. The third-order valence-electron chi connectivity index (χ3n) is 3.87. The molecule has 3 heterocycles. The maximum atomic E-state index is 12.3. The standard InChI is InChI=1S/C18H20N4O3S/c1-18(2,3)22(17(24)25)16(23)20-13-8-14(26-11-13)10-21-7-5-12-4-6-19-9-15(12)21/h4-9,11H,10H2,1-3H3,(H,20,23)(H,24,25). The summed E-state index contributed by atoms with van der Waals surface area (Å²) in [6.07, 6.45) is 4.29. The van der Waals surface area contributed by atoms with E-state index in [0.717, 1.165) is 20.7 Å². The van der Waals surface area contributed by atoms with E-state index in [1.165, 1.54) is 11.3 Å². The van der Waals surface area contributed by atoms with Crippen LogP contribution in [0.2, 0.25) is 0 Å². The molecule has 0 bridgehead atoms. The minimum Gasteiger partial charge on any atom is -0.465 e. The maximum Gasteiger partial charge on any atom is 0.416 e. The number of aromatic nitrogens is 2. The Morgan fingerprint density at radius 3 is 2.81 bits per heavy atom. The summed E-state index contributed by atoms with van der Waals surface area (Å²) in [5.41, 5.74) is 0.794. The number of fused-ring (bicyclic) bond motifs is 1. The molecule has 0 spiro atoms. The smallest absolute Gasteiger partial charge is 0.416 e. The zero-order valence-electron chi connectivity index (χ0n) is 14.8. The van der Waals surface area contributed by atoms with E-state index in [1.807, 2.05) is 30.6 Å². The van der Waals surface area contributed by atoms with Crippen LogP contribution in [0.4, 0.5) is 15.3 Å². The highest BCUT2D eigenvalue weighted by atomic mass is 32.1. The van der Waals surface area contributed by atoms with Crippen molar-refractivity contribution in [1.29, 1.82) is 0 Å². The van der Waals surface area contributed by atoms with Gasteiger partial charge in [-0.05, 0) is 39.0 Å². The number of pyridine rings is 1. The van der Waals surface area contributed by atoms with Crippen molar-refractivity contribution in [2.75, 3.05) is 5.32 Å². The van der Waals surface area contributed by atoms with Gasteiger partial charge in [-0.15, -0.1) is 11.3 Å². The highest BCUT2D eigenvalue weighted by molar-refractivity contribution is 7.10. The van der Waals surface area contributed by atoms with Crippen molar-refractivity contribution in [3.63, 3.8) is 0 Å². The largest absolute Gasteiger partial charge is 0.465 e. The molecule has 0 radical (unpaired) electrons. The third kappa shape index (κ3) is 3.70. The Bertz CT molecular complexity index is 955. The molecule has 0 aliphatic heterocycles. The normalized spacial score (nSPS) is 11.5. The van der Waals surface area contributed by atoms with Gasteiger partial charge in [0.1, 0.15) is 0 Å². The maximum absolute atomic E-state index is 12.3. The average Bonchev–Trinajstić information content (AvgIpc) is 3.13. The van der Waals surface area contributed by atoms with E-state index >= 15 is 0 Å². The van der Waals surface area contributed by atoms with Crippen LogP contribution in [0.5, 0.6) is 0 Å². The van der Waals surface area contributed by atoms with Crippen molar-refractivity contribution in [1.82, 2.24) is 14.5 Å². The summed E-state index contributed by atoms with van der Waals surface area (Å²) in [7, 11) is 0. The van der Waals surface area contributed by atoms with Crippen LogP contribution in [0, 0.1) is 0 Å². The van der Waals surface area contributed by atoms with Crippen LogP contribution in [0.25, 0.3) is 10.9 Å². The van der Waals surface area contributed by atoms with Crippen LogP contribution in [-0.2, 0) is 6.54 Å². The lowest BCUT2D eigenvalue weighted by molar-refractivity contribution is 0.119. The molecule has 2 N–H and O–H groups in total. The lowest BCUT2D eigenvalue weighted by atomic mass is 10.1. The molecule has 0 aromatic carbocycles. The van der Waals surface area contributed by atoms with Crippen LogP contribution >= 0.6 is 11.3 Å². The number of hydrogen-bond donors (Lipinski definition) is 2. The van der Waals surface area contributed by atoms with E-state index in [4.69, 9.17) is 0 Å². The first-order valence-electron chi connectivity index (χ1n) is 8.06. The van der Waals surface area contributed by atoms with Crippen molar-refractivity contribution in [3.05, 3.63) is 47.0 Å².